The Bertz CT molecular complexity index is 2950. The van der Waals surface area contributed by atoms with E-state index in [-0.39, 0.29) is 18.7 Å². The molecule has 5 aromatic rings. The number of piperazine rings is 1. The average Bonchev–Trinajstić information content (AvgIpc) is 3.62. The van der Waals surface area contributed by atoms with Gasteiger partial charge in [0.25, 0.3) is 11.8 Å². The molecule has 71 heavy (non-hydrogen) atoms. The largest absolute Gasteiger partial charge is 0.494 e. The fourth-order valence-electron chi connectivity index (χ4n) is 11.1. The molecule has 0 saturated carbocycles. The van der Waals surface area contributed by atoms with Gasteiger partial charge in [0.1, 0.15) is 30.3 Å². The zero-order chi connectivity index (χ0) is 49.6. The maximum atomic E-state index is 13.6. The van der Waals surface area contributed by atoms with Crippen molar-refractivity contribution in [3.8, 4) is 5.75 Å². The highest BCUT2D eigenvalue weighted by molar-refractivity contribution is 9.10. The summed E-state index contributed by atoms with van der Waals surface area (Å²) in [5, 5.41) is 9.67. The van der Waals surface area contributed by atoms with E-state index in [2.05, 4.69) is 85.5 Å². The fourth-order valence-corrected chi connectivity index (χ4v) is 12.7. The summed E-state index contributed by atoms with van der Waals surface area (Å²) in [6.45, 7) is 14.7. The number of anilines is 6. The number of aromatic nitrogens is 4. The van der Waals surface area contributed by atoms with E-state index in [1.165, 1.54) is 11.3 Å². The molecule has 372 valence electrons. The molecule has 0 spiro atoms. The molecular formula is C51H60BrN12O6P. The summed E-state index contributed by atoms with van der Waals surface area (Å²) in [7, 11) is -1.10. The van der Waals surface area contributed by atoms with Gasteiger partial charge in [0.2, 0.25) is 17.8 Å². The van der Waals surface area contributed by atoms with Crippen LogP contribution in [-0.2, 0) is 20.6 Å². The lowest BCUT2D eigenvalue weighted by Gasteiger charge is -2.44. The maximum absolute atomic E-state index is 13.6. The second kappa shape index (κ2) is 20.2. The van der Waals surface area contributed by atoms with E-state index in [0.29, 0.717) is 67.1 Å². The highest BCUT2D eigenvalue weighted by atomic mass is 79.9. The van der Waals surface area contributed by atoms with E-state index >= 15 is 0 Å². The minimum atomic E-state index is -2.78. The van der Waals surface area contributed by atoms with Gasteiger partial charge in [-0.1, -0.05) is 6.92 Å². The van der Waals surface area contributed by atoms with Gasteiger partial charge in [-0.05, 0) is 116 Å². The number of nitrogens with one attached hydrogen (secondary N) is 3. The van der Waals surface area contributed by atoms with Gasteiger partial charge in [-0.3, -0.25) is 44.3 Å². The summed E-state index contributed by atoms with van der Waals surface area (Å²) in [6.07, 6.45) is 10.3. The third kappa shape index (κ3) is 9.98. The molecule has 4 saturated heterocycles. The van der Waals surface area contributed by atoms with Crippen LogP contribution < -0.4 is 35.8 Å². The van der Waals surface area contributed by atoms with Crippen molar-refractivity contribution in [2.45, 2.75) is 64.0 Å². The molecule has 0 bridgehead atoms. The van der Waals surface area contributed by atoms with Crippen molar-refractivity contribution in [2.24, 2.45) is 5.92 Å². The van der Waals surface area contributed by atoms with Crippen molar-refractivity contribution in [2.75, 3.05) is 99.8 Å². The minimum absolute atomic E-state index is 0.0975. The Kier molecular flexibility index (Phi) is 13.9. The van der Waals surface area contributed by atoms with E-state index in [1.54, 1.807) is 51.2 Å². The molecule has 0 aliphatic carbocycles. The number of carbonyl (C=O) groups excluding carboxylic acids is 4. The van der Waals surface area contributed by atoms with Crippen LogP contribution in [0.1, 0.15) is 71.7 Å². The van der Waals surface area contributed by atoms with E-state index in [1.807, 2.05) is 18.2 Å². The number of nitrogens with zero attached hydrogens (tertiary/aromatic N) is 9. The Morgan fingerprint density at radius 3 is 2.25 bits per heavy atom. The number of benzene rings is 3. The van der Waals surface area contributed by atoms with Crippen LogP contribution >= 0.6 is 23.1 Å². The number of methoxy groups -OCH3 is 1. The first kappa shape index (κ1) is 48.6. The molecule has 4 amide bonds. The van der Waals surface area contributed by atoms with Gasteiger partial charge in [0, 0.05) is 107 Å². The Balaban J connectivity index is 0.707. The monoisotopic (exact) mass is 1050 g/mol. The smallest absolute Gasteiger partial charge is 0.262 e. The van der Waals surface area contributed by atoms with Crippen molar-refractivity contribution in [3.05, 3.63) is 82.2 Å². The Morgan fingerprint density at radius 1 is 0.803 bits per heavy atom. The zero-order valence-electron chi connectivity index (χ0n) is 40.6. The summed E-state index contributed by atoms with van der Waals surface area (Å²) in [5.41, 5.74) is 6.63. The van der Waals surface area contributed by atoms with Crippen LogP contribution in [0.5, 0.6) is 5.75 Å². The van der Waals surface area contributed by atoms with Crippen molar-refractivity contribution in [1.29, 1.82) is 0 Å². The summed E-state index contributed by atoms with van der Waals surface area (Å²) < 4.78 is 20.2. The normalized spacial score (nSPS) is 19.9. The third-order valence-electron chi connectivity index (χ3n) is 14.8. The average molecular weight is 1050 g/mol. The molecule has 5 aliphatic rings. The van der Waals surface area contributed by atoms with Gasteiger partial charge in [-0.2, -0.15) is 4.98 Å². The van der Waals surface area contributed by atoms with E-state index in [9.17, 15) is 23.7 Å². The van der Waals surface area contributed by atoms with Gasteiger partial charge < -0.3 is 34.6 Å². The quantitative estimate of drug-likeness (QED) is 0.0865. The van der Waals surface area contributed by atoms with Crippen molar-refractivity contribution >= 4 is 97.6 Å². The SMILES string of the molecule is CCc1cc(Nc2ncc(Br)c(Nc3ccc4nccnc4c3P(C)(C)=O)n2)c(OC)cc1N1CCC(N2CCN(CC3CCN(c4ccc5c(c4)C(=O)N(C4CCC(=O)NC4=O)C5=O)CC3)CC2)CC1. The second-order valence-corrected chi connectivity index (χ2v) is 23.6. The van der Waals surface area contributed by atoms with Crippen LogP contribution in [0.4, 0.5) is 34.5 Å². The maximum Gasteiger partial charge on any atom is 0.262 e. The molecule has 0 radical (unpaired) electrons. The predicted molar refractivity (Wildman–Crippen MR) is 279 cm³/mol. The Labute approximate surface area is 421 Å². The van der Waals surface area contributed by atoms with E-state index in [0.717, 1.165) is 107 Å². The second-order valence-electron chi connectivity index (χ2n) is 19.6. The molecular weight excluding hydrogens is 988 g/mol. The summed E-state index contributed by atoms with van der Waals surface area (Å²) in [6, 6.07) is 13.0. The number of hydrogen-bond acceptors (Lipinski definition) is 16. The molecule has 18 nitrogen and oxygen atoms in total. The van der Waals surface area contributed by atoms with Gasteiger partial charge in [0.15, 0.2) is 0 Å². The lowest BCUT2D eigenvalue weighted by atomic mass is 9.95. The summed E-state index contributed by atoms with van der Waals surface area (Å²) in [5.74, 6) is 0.250. The lowest BCUT2D eigenvalue weighted by molar-refractivity contribution is -0.136. The van der Waals surface area contributed by atoms with Crippen LogP contribution in [0.15, 0.2) is 65.5 Å². The molecule has 10 rings (SSSR count). The highest BCUT2D eigenvalue weighted by Crippen LogP contribution is 2.42. The highest BCUT2D eigenvalue weighted by Gasteiger charge is 2.45. The standard InChI is InChI=1S/C51H60BrN12O6P/c1-5-32-26-40(57-51-55-29-37(52)47(59-51)56-39-9-8-38-45(54-17-16-53-38)46(39)71(3,4)69)43(70-2)28-42(32)63-20-14-33(15-21-63)62-24-22-60(23-25-62)30-31-12-18-61(19-13-31)34-6-7-35-36(27-34)50(68)64(49(35)67)41-10-11-44(65)58-48(41)66/h6-9,16-17,26-29,31,33,41H,5,10-15,18-25,30H2,1-4H3,(H,58,65,66)(H2,55,56,57,59). The first-order valence-electron chi connectivity index (χ1n) is 24.6. The fraction of sp³-hybridized carbons (Fsp3) is 0.451. The zero-order valence-corrected chi connectivity index (χ0v) is 43.1. The number of rotatable bonds is 13. The third-order valence-corrected chi connectivity index (χ3v) is 16.9. The van der Waals surface area contributed by atoms with Crippen LogP contribution in [-0.4, -0.2) is 150 Å². The topological polar surface area (TPSA) is 198 Å². The number of ether oxygens (including phenoxy) is 1. The van der Waals surface area contributed by atoms with Crippen molar-refractivity contribution in [3.63, 3.8) is 0 Å². The molecule has 20 heteroatoms. The number of aryl methyl sites for hydroxylation is 1. The van der Waals surface area contributed by atoms with E-state index in [4.69, 9.17) is 9.72 Å². The minimum Gasteiger partial charge on any atom is -0.494 e. The molecule has 2 aromatic heterocycles. The summed E-state index contributed by atoms with van der Waals surface area (Å²) >= 11 is 3.60. The lowest BCUT2D eigenvalue weighted by Crippen LogP contribution is -2.54. The molecule has 3 aromatic carbocycles. The van der Waals surface area contributed by atoms with Crippen LogP contribution in [0.2, 0.25) is 0 Å². The molecule has 7 heterocycles. The number of fused-ring (bicyclic) bond motifs is 2. The van der Waals surface area contributed by atoms with Gasteiger partial charge in [-0.15, -0.1) is 0 Å². The summed E-state index contributed by atoms with van der Waals surface area (Å²) in [4.78, 5) is 80.3. The number of imide groups is 2. The number of amides is 4. The molecule has 5 aliphatic heterocycles. The van der Waals surface area contributed by atoms with Crippen molar-refractivity contribution in [1.82, 2.24) is 40.0 Å². The predicted octanol–water partition coefficient (Wildman–Crippen LogP) is 6.39. The molecule has 1 atom stereocenters. The molecule has 4 fully saturated rings. The molecule has 1 unspecified atom stereocenters. The van der Waals surface area contributed by atoms with Gasteiger partial charge in [-0.25, -0.2) is 4.98 Å². The van der Waals surface area contributed by atoms with Gasteiger partial charge in [0.05, 0.1) is 44.9 Å². The van der Waals surface area contributed by atoms with Crippen LogP contribution in [0.25, 0.3) is 11.0 Å². The Hall–Kier alpha value is -6.01. The number of halogens is 1. The first-order chi connectivity index (χ1) is 34.3. The number of hydrogen-bond donors (Lipinski definition) is 3. The van der Waals surface area contributed by atoms with Gasteiger partial charge >= 0.3 is 0 Å². The Morgan fingerprint density at radius 2 is 1.54 bits per heavy atom. The number of carbonyl (C=O) groups is 4. The van der Waals surface area contributed by atoms with Crippen LogP contribution in [0.3, 0.4) is 0 Å². The molecule has 3 N–H and O–H groups in total. The van der Waals surface area contributed by atoms with Crippen LogP contribution in [0, 0.1) is 5.92 Å². The number of piperidine rings is 3. The first-order valence-corrected chi connectivity index (χ1v) is 28.0. The van der Waals surface area contributed by atoms with E-state index < -0.39 is 30.9 Å². The van der Waals surface area contributed by atoms with Crippen molar-refractivity contribution < 1.29 is 28.5 Å².